The lowest BCUT2D eigenvalue weighted by atomic mass is 10.3. The van der Waals surface area contributed by atoms with Crippen molar-refractivity contribution in [2.24, 2.45) is 0 Å². The number of hydrogen-bond donors (Lipinski definition) is 1. The molecule has 0 radical (unpaired) electrons. The number of nitrogens with zero attached hydrogens (tertiary/aromatic N) is 3. The first-order valence-corrected chi connectivity index (χ1v) is 8.57. The van der Waals surface area contributed by atoms with E-state index in [1.165, 1.54) is 0 Å². The molecular formula is C18H28N4O3. The normalized spacial score (nSPS) is 16.1. The Morgan fingerprint density at radius 3 is 2.36 bits per heavy atom. The zero-order chi connectivity index (χ0) is 18.2. The third-order valence-electron chi connectivity index (χ3n) is 4.29. The number of likely N-dealkylation sites (N-methyl/N-ethyl adjacent to an activating group) is 1. The second-order valence-electron chi connectivity index (χ2n) is 6.44. The molecule has 0 aromatic heterocycles. The van der Waals surface area contributed by atoms with E-state index >= 15 is 0 Å². The molecule has 1 fully saturated rings. The Kier molecular flexibility index (Phi) is 7.21. The number of nitrogens with one attached hydrogen (secondary N) is 1. The van der Waals surface area contributed by atoms with Crippen LogP contribution in [0.3, 0.4) is 0 Å². The maximum atomic E-state index is 12.3. The van der Waals surface area contributed by atoms with Gasteiger partial charge in [0.15, 0.2) is 0 Å². The van der Waals surface area contributed by atoms with Gasteiger partial charge in [-0.25, -0.2) is 0 Å². The van der Waals surface area contributed by atoms with Crippen LogP contribution in [0.15, 0.2) is 24.3 Å². The first-order chi connectivity index (χ1) is 12.0. The second-order valence-corrected chi connectivity index (χ2v) is 6.44. The van der Waals surface area contributed by atoms with Crippen LogP contribution in [0.2, 0.25) is 0 Å². The molecule has 2 amide bonds. The molecule has 25 heavy (non-hydrogen) atoms. The molecule has 138 valence electrons. The van der Waals surface area contributed by atoms with Crippen molar-refractivity contribution < 1.29 is 14.3 Å². The Labute approximate surface area is 149 Å². The van der Waals surface area contributed by atoms with Crippen molar-refractivity contribution in [3.05, 3.63) is 24.3 Å². The highest BCUT2D eigenvalue weighted by molar-refractivity contribution is 5.93. The van der Waals surface area contributed by atoms with Gasteiger partial charge in [-0.1, -0.05) is 12.1 Å². The Hall–Kier alpha value is -2.12. The predicted octanol–water partition coefficient (Wildman–Crippen LogP) is 0.730. The first kappa shape index (κ1) is 19.2. The molecule has 1 aromatic carbocycles. The zero-order valence-electron chi connectivity index (χ0n) is 15.3. The van der Waals surface area contributed by atoms with E-state index in [2.05, 4.69) is 15.1 Å². The molecule has 0 saturated carbocycles. The summed E-state index contributed by atoms with van der Waals surface area (Å²) >= 11 is 0. The number of benzene rings is 1. The molecule has 0 bridgehead atoms. The van der Waals surface area contributed by atoms with E-state index in [0.29, 0.717) is 24.5 Å². The number of amides is 2. The quantitative estimate of drug-likeness (QED) is 0.821. The highest BCUT2D eigenvalue weighted by Gasteiger charge is 2.19. The number of para-hydroxylation sites is 2. The van der Waals surface area contributed by atoms with Crippen molar-refractivity contribution >= 4 is 17.5 Å². The van der Waals surface area contributed by atoms with Crippen LogP contribution in [0.25, 0.3) is 0 Å². The number of hydrogen-bond acceptors (Lipinski definition) is 5. The van der Waals surface area contributed by atoms with E-state index in [1.807, 2.05) is 24.3 Å². The minimum absolute atomic E-state index is 0.0534. The summed E-state index contributed by atoms with van der Waals surface area (Å²) in [5.41, 5.74) is 0.683. The van der Waals surface area contributed by atoms with Crippen molar-refractivity contribution in [1.29, 1.82) is 0 Å². The molecule has 2 rings (SSSR count). The average Bonchev–Trinajstić information content (AvgIpc) is 2.80. The monoisotopic (exact) mass is 348 g/mol. The predicted molar refractivity (Wildman–Crippen MR) is 97.8 cm³/mol. The van der Waals surface area contributed by atoms with E-state index in [1.54, 1.807) is 26.1 Å². The lowest BCUT2D eigenvalue weighted by Crippen LogP contribution is -2.39. The maximum Gasteiger partial charge on any atom is 0.238 e. The summed E-state index contributed by atoms with van der Waals surface area (Å²) < 4.78 is 5.26. The van der Waals surface area contributed by atoms with Gasteiger partial charge in [-0.2, -0.15) is 0 Å². The zero-order valence-corrected chi connectivity index (χ0v) is 15.3. The van der Waals surface area contributed by atoms with Crippen LogP contribution in [0.1, 0.15) is 6.42 Å². The van der Waals surface area contributed by atoms with Gasteiger partial charge in [-0.3, -0.25) is 19.4 Å². The Balaban J connectivity index is 1.82. The van der Waals surface area contributed by atoms with E-state index in [4.69, 9.17) is 4.74 Å². The van der Waals surface area contributed by atoms with Crippen molar-refractivity contribution in [3.63, 3.8) is 0 Å². The summed E-state index contributed by atoms with van der Waals surface area (Å²) in [6, 6.07) is 7.38. The number of rotatable bonds is 6. The largest absolute Gasteiger partial charge is 0.495 e. The van der Waals surface area contributed by atoms with Crippen LogP contribution in [0.4, 0.5) is 5.69 Å². The van der Waals surface area contributed by atoms with Gasteiger partial charge in [-0.05, 0) is 31.6 Å². The van der Waals surface area contributed by atoms with Gasteiger partial charge in [0.2, 0.25) is 11.8 Å². The van der Waals surface area contributed by atoms with Crippen LogP contribution >= 0.6 is 0 Å². The average molecular weight is 348 g/mol. The molecule has 7 nitrogen and oxygen atoms in total. The lowest BCUT2D eigenvalue weighted by molar-refractivity contribution is -0.129. The molecule has 1 N–H and O–H groups in total. The standard InChI is InChI=1S/C18H28N4O3/c1-20(2)18(24)14-22-10-6-9-21(11-12-22)13-17(23)19-15-7-4-5-8-16(15)25-3/h4-5,7-8H,6,9-14H2,1-3H3,(H,19,23). The number of carbonyl (C=O) groups excluding carboxylic acids is 2. The van der Waals surface area contributed by atoms with Gasteiger partial charge >= 0.3 is 0 Å². The number of methoxy groups -OCH3 is 1. The fourth-order valence-electron chi connectivity index (χ4n) is 2.81. The Bertz CT molecular complexity index is 591. The fraction of sp³-hybridized carbons (Fsp3) is 0.556. The Morgan fingerprint density at radius 2 is 1.72 bits per heavy atom. The highest BCUT2D eigenvalue weighted by atomic mass is 16.5. The molecule has 1 aliphatic heterocycles. The third-order valence-corrected chi connectivity index (χ3v) is 4.29. The minimum atomic E-state index is -0.0534. The van der Waals surface area contributed by atoms with Crippen molar-refractivity contribution in [2.75, 3.05) is 65.8 Å². The van der Waals surface area contributed by atoms with Crippen LogP contribution in [-0.4, -0.2) is 87.0 Å². The molecular weight excluding hydrogens is 320 g/mol. The summed E-state index contributed by atoms with van der Waals surface area (Å²) in [7, 11) is 5.13. The van der Waals surface area contributed by atoms with Gasteiger partial charge in [0.1, 0.15) is 5.75 Å². The van der Waals surface area contributed by atoms with Gasteiger partial charge in [0.25, 0.3) is 0 Å². The molecule has 0 aliphatic carbocycles. The minimum Gasteiger partial charge on any atom is -0.495 e. The summed E-state index contributed by atoms with van der Waals surface area (Å²) in [5.74, 6) is 0.713. The SMILES string of the molecule is COc1ccccc1NC(=O)CN1CCCN(CC(=O)N(C)C)CC1. The van der Waals surface area contributed by atoms with Crippen molar-refractivity contribution in [3.8, 4) is 5.75 Å². The van der Waals surface area contributed by atoms with Crippen LogP contribution in [0.5, 0.6) is 5.75 Å². The number of anilines is 1. The second kappa shape index (κ2) is 9.39. The van der Waals surface area contributed by atoms with Crippen molar-refractivity contribution in [1.82, 2.24) is 14.7 Å². The van der Waals surface area contributed by atoms with Crippen LogP contribution in [0, 0.1) is 0 Å². The van der Waals surface area contributed by atoms with E-state index in [0.717, 1.165) is 32.6 Å². The van der Waals surface area contributed by atoms with Gasteiger partial charge in [0.05, 0.1) is 25.9 Å². The van der Waals surface area contributed by atoms with Gasteiger partial charge in [-0.15, -0.1) is 0 Å². The molecule has 0 unspecified atom stereocenters. The molecule has 1 saturated heterocycles. The number of ether oxygens (including phenoxy) is 1. The molecule has 1 aliphatic rings. The van der Waals surface area contributed by atoms with Crippen LogP contribution < -0.4 is 10.1 Å². The molecule has 1 heterocycles. The first-order valence-electron chi connectivity index (χ1n) is 8.57. The highest BCUT2D eigenvalue weighted by Crippen LogP contribution is 2.22. The Morgan fingerprint density at radius 1 is 1.08 bits per heavy atom. The fourth-order valence-corrected chi connectivity index (χ4v) is 2.81. The van der Waals surface area contributed by atoms with Gasteiger partial charge in [0, 0.05) is 27.2 Å². The number of carbonyl (C=O) groups is 2. The maximum absolute atomic E-state index is 12.3. The van der Waals surface area contributed by atoms with E-state index in [9.17, 15) is 9.59 Å². The third kappa shape index (κ3) is 6.03. The summed E-state index contributed by atoms with van der Waals surface area (Å²) in [5, 5.41) is 2.91. The lowest BCUT2D eigenvalue weighted by Gasteiger charge is -2.22. The van der Waals surface area contributed by atoms with Crippen LogP contribution in [-0.2, 0) is 9.59 Å². The summed E-state index contributed by atoms with van der Waals surface area (Å²) in [6.07, 6.45) is 0.947. The van der Waals surface area contributed by atoms with E-state index in [-0.39, 0.29) is 11.8 Å². The summed E-state index contributed by atoms with van der Waals surface area (Å²) in [6.45, 7) is 4.08. The van der Waals surface area contributed by atoms with Gasteiger partial charge < -0.3 is 15.0 Å². The molecule has 0 atom stereocenters. The summed E-state index contributed by atoms with van der Waals surface area (Å²) in [4.78, 5) is 30.1. The molecule has 0 spiro atoms. The van der Waals surface area contributed by atoms with Crippen molar-refractivity contribution in [2.45, 2.75) is 6.42 Å². The molecule has 7 heteroatoms. The smallest absolute Gasteiger partial charge is 0.238 e. The van der Waals surface area contributed by atoms with E-state index < -0.39 is 0 Å². The molecule has 1 aromatic rings. The topological polar surface area (TPSA) is 65.1 Å².